The molecule has 0 aliphatic heterocycles. The zero-order chi connectivity index (χ0) is 13.3. The highest BCUT2D eigenvalue weighted by atomic mass is 127. The van der Waals surface area contributed by atoms with Crippen LogP contribution < -0.4 is 0 Å². The van der Waals surface area contributed by atoms with Gasteiger partial charge in [-0.15, -0.1) is 11.6 Å². The number of imidazole rings is 1. The monoisotopic (exact) mass is 376 g/mol. The Kier molecular flexibility index (Phi) is 4.54. The van der Waals surface area contributed by atoms with Crippen molar-refractivity contribution in [2.24, 2.45) is 5.92 Å². The van der Waals surface area contributed by atoms with Crippen LogP contribution in [0.4, 0.5) is 0 Å². The average Bonchev–Trinajstić information content (AvgIpc) is 2.67. The van der Waals surface area contributed by atoms with Crippen molar-refractivity contribution in [3.8, 4) is 0 Å². The first-order chi connectivity index (χ1) is 8.58. The molecule has 2 aromatic rings. The van der Waals surface area contributed by atoms with Crippen LogP contribution in [0.1, 0.15) is 39.1 Å². The standard InChI is InChI=1S/C14H18ClIN2/c1-4-12(9(2)3)18-13-6-5-10(16)7-11(13)17-14(18)8-15/h5-7,9,12H,4,8H2,1-3H3. The molecule has 2 rings (SSSR count). The summed E-state index contributed by atoms with van der Waals surface area (Å²) in [6.45, 7) is 6.73. The van der Waals surface area contributed by atoms with Gasteiger partial charge in [-0.3, -0.25) is 0 Å². The second-order valence-corrected chi connectivity index (χ2v) is 6.40. The van der Waals surface area contributed by atoms with E-state index in [1.165, 1.54) is 9.09 Å². The van der Waals surface area contributed by atoms with E-state index in [1.807, 2.05) is 0 Å². The van der Waals surface area contributed by atoms with Gasteiger partial charge in [0, 0.05) is 9.61 Å². The molecule has 1 aromatic heterocycles. The predicted molar refractivity (Wildman–Crippen MR) is 86.2 cm³/mol. The summed E-state index contributed by atoms with van der Waals surface area (Å²) in [6, 6.07) is 6.87. The van der Waals surface area contributed by atoms with Crippen LogP contribution >= 0.6 is 34.2 Å². The topological polar surface area (TPSA) is 17.8 Å². The molecule has 1 atom stereocenters. The van der Waals surface area contributed by atoms with Crippen LogP contribution in [-0.4, -0.2) is 9.55 Å². The molecule has 0 amide bonds. The molecule has 0 aliphatic carbocycles. The van der Waals surface area contributed by atoms with Gasteiger partial charge in [-0.25, -0.2) is 4.98 Å². The zero-order valence-corrected chi connectivity index (χ0v) is 13.9. The molecule has 98 valence electrons. The number of nitrogens with zero attached hydrogens (tertiary/aromatic N) is 2. The first-order valence-corrected chi connectivity index (χ1v) is 7.92. The lowest BCUT2D eigenvalue weighted by Crippen LogP contribution is -2.16. The Morgan fingerprint density at radius 2 is 2.11 bits per heavy atom. The molecule has 0 aliphatic rings. The Morgan fingerprint density at radius 3 is 2.67 bits per heavy atom. The van der Waals surface area contributed by atoms with Crippen molar-refractivity contribution < 1.29 is 0 Å². The Labute approximate surface area is 127 Å². The minimum atomic E-state index is 0.462. The molecule has 18 heavy (non-hydrogen) atoms. The highest BCUT2D eigenvalue weighted by molar-refractivity contribution is 14.1. The molecule has 1 heterocycles. The number of aromatic nitrogens is 2. The molecule has 0 N–H and O–H groups in total. The van der Waals surface area contributed by atoms with Gasteiger partial charge in [-0.2, -0.15) is 0 Å². The van der Waals surface area contributed by atoms with Crippen LogP contribution in [0.2, 0.25) is 0 Å². The molecule has 0 saturated carbocycles. The van der Waals surface area contributed by atoms with Crippen molar-refractivity contribution in [3.63, 3.8) is 0 Å². The van der Waals surface area contributed by atoms with Gasteiger partial charge >= 0.3 is 0 Å². The first kappa shape index (κ1) is 14.1. The van der Waals surface area contributed by atoms with Crippen molar-refractivity contribution in [2.75, 3.05) is 0 Å². The van der Waals surface area contributed by atoms with Gasteiger partial charge < -0.3 is 4.57 Å². The summed E-state index contributed by atoms with van der Waals surface area (Å²) in [4.78, 5) is 4.67. The van der Waals surface area contributed by atoms with Gasteiger partial charge in [0.05, 0.1) is 16.9 Å². The maximum Gasteiger partial charge on any atom is 0.125 e. The summed E-state index contributed by atoms with van der Waals surface area (Å²) in [5.74, 6) is 2.02. The second kappa shape index (κ2) is 5.78. The van der Waals surface area contributed by atoms with Crippen molar-refractivity contribution in [1.29, 1.82) is 0 Å². The van der Waals surface area contributed by atoms with Gasteiger partial charge in [-0.05, 0) is 53.1 Å². The van der Waals surface area contributed by atoms with Crippen LogP contribution in [-0.2, 0) is 5.88 Å². The van der Waals surface area contributed by atoms with E-state index in [1.54, 1.807) is 0 Å². The molecule has 0 radical (unpaired) electrons. The quantitative estimate of drug-likeness (QED) is 0.543. The van der Waals surface area contributed by atoms with Crippen molar-refractivity contribution in [3.05, 3.63) is 27.6 Å². The van der Waals surface area contributed by atoms with E-state index in [-0.39, 0.29) is 0 Å². The van der Waals surface area contributed by atoms with E-state index in [0.29, 0.717) is 17.8 Å². The maximum absolute atomic E-state index is 6.06. The fraction of sp³-hybridized carbons (Fsp3) is 0.500. The summed E-state index contributed by atoms with van der Waals surface area (Å²) in [5.41, 5.74) is 2.25. The SMILES string of the molecule is CCC(C(C)C)n1c(CCl)nc2cc(I)ccc21. The molecular weight excluding hydrogens is 359 g/mol. The largest absolute Gasteiger partial charge is 0.324 e. The number of rotatable bonds is 4. The van der Waals surface area contributed by atoms with Crippen LogP contribution in [0.15, 0.2) is 18.2 Å². The molecule has 0 bridgehead atoms. The van der Waals surface area contributed by atoms with E-state index in [2.05, 4.69) is 71.1 Å². The van der Waals surface area contributed by atoms with Gasteiger partial charge in [0.25, 0.3) is 0 Å². The third-order valence-electron chi connectivity index (χ3n) is 3.36. The molecule has 0 fully saturated rings. The predicted octanol–water partition coefficient (Wildman–Crippen LogP) is 4.99. The summed E-state index contributed by atoms with van der Waals surface area (Å²) in [5, 5.41) is 0. The molecule has 1 aromatic carbocycles. The lowest BCUT2D eigenvalue weighted by atomic mass is 10.0. The first-order valence-electron chi connectivity index (χ1n) is 6.30. The zero-order valence-electron chi connectivity index (χ0n) is 11.0. The lowest BCUT2D eigenvalue weighted by molar-refractivity contribution is 0.367. The smallest absolute Gasteiger partial charge is 0.125 e. The fourth-order valence-corrected chi connectivity index (χ4v) is 3.20. The maximum atomic E-state index is 6.06. The van der Waals surface area contributed by atoms with E-state index in [9.17, 15) is 0 Å². The van der Waals surface area contributed by atoms with Crippen LogP contribution in [0, 0.1) is 9.49 Å². The van der Waals surface area contributed by atoms with Crippen molar-refractivity contribution in [1.82, 2.24) is 9.55 Å². The van der Waals surface area contributed by atoms with Crippen LogP contribution in [0.5, 0.6) is 0 Å². The van der Waals surface area contributed by atoms with Crippen LogP contribution in [0.25, 0.3) is 11.0 Å². The molecule has 1 unspecified atom stereocenters. The molecule has 0 saturated heterocycles. The molecule has 2 nitrogen and oxygen atoms in total. The number of halogens is 2. The van der Waals surface area contributed by atoms with Gasteiger partial charge in [0.2, 0.25) is 0 Å². The van der Waals surface area contributed by atoms with Gasteiger partial charge in [0.1, 0.15) is 5.82 Å². The number of hydrogen-bond donors (Lipinski definition) is 0. The minimum absolute atomic E-state index is 0.462. The van der Waals surface area contributed by atoms with Gasteiger partial charge in [-0.1, -0.05) is 20.8 Å². The lowest BCUT2D eigenvalue weighted by Gasteiger charge is -2.23. The summed E-state index contributed by atoms with van der Waals surface area (Å²) in [7, 11) is 0. The third kappa shape index (κ3) is 2.52. The van der Waals surface area contributed by atoms with E-state index >= 15 is 0 Å². The van der Waals surface area contributed by atoms with Crippen molar-refractivity contribution in [2.45, 2.75) is 39.1 Å². The fourth-order valence-electron chi connectivity index (χ4n) is 2.54. The third-order valence-corrected chi connectivity index (χ3v) is 4.27. The van der Waals surface area contributed by atoms with Gasteiger partial charge in [0.15, 0.2) is 0 Å². The molecule has 0 spiro atoms. The average molecular weight is 377 g/mol. The van der Waals surface area contributed by atoms with Crippen molar-refractivity contribution >= 4 is 45.2 Å². The Balaban J connectivity index is 2.66. The normalized spacial score (nSPS) is 13.4. The summed E-state index contributed by atoms with van der Waals surface area (Å²) < 4.78 is 3.53. The van der Waals surface area contributed by atoms with E-state index < -0.39 is 0 Å². The highest BCUT2D eigenvalue weighted by Gasteiger charge is 2.20. The number of alkyl halides is 1. The number of benzene rings is 1. The Morgan fingerprint density at radius 1 is 1.39 bits per heavy atom. The van der Waals surface area contributed by atoms with E-state index in [0.717, 1.165) is 17.8 Å². The van der Waals surface area contributed by atoms with E-state index in [4.69, 9.17) is 11.6 Å². The Hall–Kier alpha value is -0.290. The second-order valence-electron chi connectivity index (χ2n) is 4.88. The Bertz CT molecular complexity index is 548. The number of hydrogen-bond acceptors (Lipinski definition) is 1. The molecular formula is C14H18ClIN2. The van der Waals surface area contributed by atoms with Crippen LogP contribution in [0.3, 0.4) is 0 Å². The number of fused-ring (bicyclic) bond motifs is 1. The summed E-state index contributed by atoms with van der Waals surface area (Å²) in [6.07, 6.45) is 1.10. The summed E-state index contributed by atoms with van der Waals surface area (Å²) >= 11 is 8.38. The molecule has 4 heteroatoms. The minimum Gasteiger partial charge on any atom is -0.324 e. The highest BCUT2D eigenvalue weighted by Crippen LogP contribution is 2.29.